The molecule has 0 N–H and O–H groups in total. The van der Waals surface area contributed by atoms with Gasteiger partial charge in [0.05, 0.1) is 0 Å². The number of benzene rings is 1. The van der Waals surface area contributed by atoms with Gasteiger partial charge < -0.3 is 8.85 Å². The zero-order valence-electron chi connectivity index (χ0n) is 9.66. The number of hydrogen-bond donors (Lipinski definition) is 0. The van der Waals surface area contributed by atoms with Gasteiger partial charge in [-0.05, 0) is 5.19 Å². The van der Waals surface area contributed by atoms with E-state index in [-0.39, 0.29) is 5.19 Å². The van der Waals surface area contributed by atoms with Crippen LogP contribution in [0.2, 0.25) is 6.04 Å². The van der Waals surface area contributed by atoms with Crippen molar-refractivity contribution in [2.45, 2.75) is 19.0 Å². The third-order valence-corrected chi connectivity index (χ3v) is 5.35. The number of alkyl halides is 5. The second-order valence-corrected chi connectivity index (χ2v) is 6.47. The van der Waals surface area contributed by atoms with E-state index in [2.05, 4.69) is 15.4 Å². The predicted molar refractivity (Wildman–Crippen MR) is 61.1 cm³/mol. The van der Waals surface area contributed by atoms with Crippen molar-refractivity contribution in [3.05, 3.63) is 43.0 Å². The van der Waals surface area contributed by atoms with Gasteiger partial charge in [-0.15, -0.1) is 19.8 Å². The Balaban J connectivity index is 3.22. The van der Waals surface area contributed by atoms with Gasteiger partial charge in [0.15, 0.2) is 0 Å². The van der Waals surface area contributed by atoms with Crippen LogP contribution < -0.4 is 5.19 Å². The third-order valence-electron chi connectivity index (χ3n) is 2.19. The molecule has 0 aliphatic heterocycles. The number of halogens is 5. The van der Waals surface area contributed by atoms with Crippen molar-refractivity contribution >= 4 is 13.7 Å². The topological polar surface area (TPSA) is 18.5 Å². The van der Waals surface area contributed by atoms with Gasteiger partial charge in [-0.25, -0.2) is 0 Å². The van der Waals surface area contributed by atoms with E-state index in [1.807, 2.05) is 0 Å². The molecule has 0 aromatic heterocycles. The van der Waals surface area contributed by atoms with Gasteiger partial charge in [-0.1, -0.05) is 36.4 Å². The first kappa shape index (κ1) is 15.8. The molecule has 106 valence electrons. The number of rotatable bonds is 6. The zero-order valence-corrected chi connectivity index (χ0v) is 10.7. The Labute approximate surface area is 107 Å². The molecule has 0 saturated heterocycles. The van der Waals surface area contributed by atoms with E-state index in [4.69, 9.17) is 0 Å². The van der Waals surface area contributed by atoms with Crippen molar-refractivity contribution in [2.24, 2.45) is 0 Å². The molecule has 0 amide bonds. The van der Waals surface area contributed by atoms with Crippen LogP contribution in [-0.2, 0) is 8.85 Å². The molecule has 0 saturated carbocycles. The highest BCUT2D eigenvalue weighted by Crippen LogP contribution is 2.28. The summed E-state index contributed by atoms with van der Waals surface area (Å²) >= 11 is 0. The van der Waals surface area contributed by atoms with Crippen molar-refractivity contribution in [3.63, 3.8) is 0 Å². The molecule has 1 aromatic rings. The zero-order chi connectivity index (χ0) is 14.5. The third kappa shape index (κ3) is 4.73. The fraction of sp³-hybridized carbons (Fsp3) is 0.273. The molecule has 1 atom stereocenters. The molecule has 1 aromatic carbocycles. The largest absolute Gasteiger partial charge is 0.514 e. The summed E-state index contributed by atoms with van der Waals surface area (Å²) in [6, 6.07) is 6.49. The Morgan fingerprint density at radius 3 is 2.21 bits per heavy atom. The van der Waals surface area contributed by atoms with Gasteiger partial charge >= 0.3 is 21.5 Å². The quantitative estimate of drug-likeness (QED) is 0.456. The fourth-order valence-electron chi connectivity index (χ4n) is 1.57. The molecule has 0 spiro atoms. The first-order chi connectivity index (χ1) is 8.79. The van der Waals surface area contributed by atoms with Gasteiger partial charge in [0.25, 0.3) is 0 Å². The Bertz CT molecular complexity index is 409. The van der Waals surface area contributed by atoms with Crippen LogP contribution in [0, 0.1) is 0 Å². The second-order valence-electron chi connectivity index (χ2n) is 3.54. The SMILES string of the molecule is C=CC[Si](OC(F)F)(OC(F)(F)F)c1ccccc1. The van der Waals surface area contributed by atoms with Gasteiger partial charge in [-0.2, -0.15) is 8.78 Å². The van der Waals surface area contributed by atoms with Crippen LogP contribution in [0.25, 0.3) is 0 Å². The molecule has 0 fully saturated rings. The minimum atomic E-state index is -5.07. The smallest absolute Gasteiger partial charge is 0.334 e. The number of allylic oxidation sites excluding steroid dienone is 1. The van der Waals surface area contributed by atoms with Gasteiger partial charge in [0.1, 0.15) is 0 Å². The van der Waals surface area contributed by atoms with Crippen LogP contribution in [-0.4, -0.2) is 21.5 Å². The van der Waals surface area contributed by atoms with E-state index in [1.54, 1.807) is 6.07 Å². The van der Waals surface area contributed by atoms with E-state index in [0.717, 1.165) is 6.08 Å². The molecule has 19 heavy (non-hydrogen) atoms. The first-order valence-corrected chi connectivity index (χ1v) is 7.21. The second kappa shape index (κ2) is 6.26. The van der Waals surface area contributed by atoms with Crippen molar-refractivity contribution < 1.29 is 30.8 Å². The molecule has 0 radical (unpaired) electrons. The maximum atomic E-state index is 12.5. The highest BCUT2D eigenvalue weighted by atomic mass is 28.4. The molecule has 1 unspecified atom stereocenters. The lowest BCUT2D eigenvalue weighted by molar-refractivity contribution is -0.290. The molecular weight excluding hydrogens is 287 g/mol. The van der Waals surface area contributed by atoms with Crippen LogP contribution in [0.4, 0.5) is 22.0 Å². The van der Waals surface area contributed by atoms with Crippen LogP contribution >= 0.6 is 0 Å². The summed E-state index contributed by atoms with van der Waals surface area (Å²) < 4.78 is 70.4. The summed E-state index contributed by atoms with van der Waals surface area (Å²) in [6.07, 6.45) is -3.99. The summed E-state index contributed by atoms with van der Waals surface area (Å²) in [5.74, 6) is 0. The highest BCUT2D eigenvalue weighted by molar-refractivity contribution is 6.81. The lowest BCUT2D eigenvalue weighted by Crippen LogP contribution is -2.57. The van der Waals surface area contributed by atoms with Gasteiger partial charge in [0, 0.05) is 6.04 Å². The standard InChI is InChI=1S/C11H11F5O2Si/c1-2-8-19(17-10(12)13,18-11(14,15)16)9-6-4-3-5-7-9/h2-7,10H,1,8H2. The number of hydrogen-bond acceptors (Lipinski definition) is 2. The van der Waals surface area contributed by atoms with E-state index in [1.165, 1.54) is 24.3 Å². The van der Waals surface area contributed by atoms with Crippen LogP contribution in [0.3, 0.4) is 0 Å². The maximum Gasteiger partial charge on any atom is 0.514 e. The molecule has 1 rings (SSSR count). The fourth-order valence-corrected chi connectivity index (χ4v) is 4.03. The summed E-state index contributed by atoms with van der Waals surface area (Å²) in [5.41, 5.74) is 0. The maximum absolute atomic E-state index is 12.5. The summed E-state index contributed by atoms with van der Waals surface area (Å²) in [6.45, 7) is -0.0957. The Morgan fingerprint density at radius 1 is 1.21 bits per heavy atom. The Morgan fingerprint density at radius 2 is 1.79 bits per heavy atom. The van der Waals surface area contributed by atoms with Gasteiger partial charge in [-0.3, -0.25) is 0 Å². The highest BCUT2D eigenvalue weighted by Gasteiger charge is 2.50. The van der Waals surface area contributed by atoms with E-state index >= 15 is 0 Å². The van der Waals surface area contributed by atoms with E-state index in [9.17, 15) is 22.0 Å². The van der Waals surface area contributed by atoms with Crippen LogP contribution in [0.1, 0.15) is 0 Å². The summed E-state index contributed by atoms with van der Waals surface area (Å²) in [7, 11) is -4.36. The average Bonchev–Trinajstić information content (AvgIpc) is 2.27. The van der Waals surface area contributed by atoms with Gasteiger partial charge in [0.2, 0.25) is 0 Å². The lowest BCUT2D eigenvalue weighted by atomic mass is 10.4. The lowest BCUT2D eigenvalue weighted by Gasteiger charge is -2.30. The molecule has 0 aliphatic rings. The molecule has 0 heterocycles. The molecule has 2 nitrogen and oxygen atoms in total. The normalized spacial score (nSPS) is 15.3. The summed E-state index contributed by atoms with van der Waals surface area (Å²) in [5, 5.41) is -0.0347. The monoisotopic (exact) mass is 298 g/mol. The molecule has 0 aliphatic carbocycles. The first-order valence-electron chi connectivity index (χ1n) is 5.18. The van der Waals surface area contributed by atoms with Crippen LogP contribution in [0.5, 0.6) is 0 Å². The minimum Gasteiger partial charge on any atom is -0.334 e. The summed E-state index contributed by atoms with van der Waals surface area (Å²) in [4.78, 5) is 0. The molecule has 8 heteroatoms. The van der Waals surface area contributed by atoms with Crippen molar-refractivity contribution in [1.82, 2.24) is 0 Å². The van der Waals surface area contributed by atoms with Crippen molar-refractivity contribution in [3.8, 4) is 0 Å². The van der Waals surface area contributed by atoms with Crippen molar-refractivity contribution in [1.29, 1.82) is 0 Å². The Kier molecular flexibility index (Phi) is 5.21. The van der Waals surface area contributed by atoms with Crippen LogP contribution in [0.15, 0.2) is 43.0 Å². The van der Waals surface area contributed by atoms with Crippen molar-refractivity contribution in [2.75, 3.05) is 0 Å². The van der Waals surface area contributed by atoms with E-state index in [0.29, 0.717) is 0 Å². The molecular formula is C11H11F5O2Si. The Hall–Kier alpha value is -1.25. The molecule has 0 bridgehead atoms. The average molecular weight is 298 g/mol. The minimum absolute atomic E-state index is 0.0347. The van der Waals surface area contributed by atoms with E-state index < -0.39 is 27.6 Å². The predicted octanol–water partition coefficient (Wildman–Crippen LogP) is 3.30.